The Morgan fingerprint density at radius 2 is 0.581 bits per heavy atom. The number of esters is 2. The zero-order valence-corrected chi connectivity index (χ0v) is 47.8. The van der Waals surface area contributed by atoms with Gasteiger partial charge in [-0.25, -0.2) is 0 Å². The van der Waals surface area contributed by atoms with Crippen molar-refractivity contribution in [1.29, 1.82) is 0 Å². The highest BCUT2D eigenvalue weighted by molar-refractivity contribution is 5.70. The molecular weight excluding hydrogens is 909 g/mol. The van der Waals surface area contributed by atoms with Gasteiger partial charge in [0.15, 0.2) is 6.10 Å². The van der Waals surface area contributed by atoms with Crippen LogP contribution < -0.4 is 0 Å². The summed E-state index contributed by atoms with van der Waals surface area (Å²) in [6.07, 6.45) is 95.4. The molecule has 0 aliphatic carbocycles. The molecule has 0 rings (SSSR count). The molecule has 0 saturated heterocycles. The van der Waals surface area contributed by atoms with E-state index in [2.05, 4.69) is 160 Å². The molecule has 0 heterocycles. The van der Waals surface area contributed by atoms with Crippen LogP contribution in [0, 0.1) is 0 Å². The van der Waals surface area contributed by atoms with Crippen LogP contribution in [-0.4, -0.2) is 36.4 Å². The van der Waals surface area contributed by atoms with Crippen LogP contribution in [0.25, 0.3) is 0 Å². The minimum Gasteiger partial charge on any atom is -0.462 e. The first-order valence-corrected chi connectivity index (χ1v) is 30.4. The fraction of sp³-hybridized carbons (Fsp3) is 0.623. The third kappa shape index (κ3) is 60.3. The Kier molecular flexibility index (Phi) is 59.5. The van der Waals surface area contributed by atoms with Gasteiger partial charge in [0.1, 0.15) is 6.61 Å². The molecule has 0 aromatic carbocycles. The normalized spacial score (nSPS) is 13.3. The molecule has 0 aromatic rings. The monoisotopic (exact) mass is 1020 g/mol. The lowest BCUT2D eigenvalue weighted by atomic mass is 10.0. The van der Waals surface area contributed by atoms with Crippen LogP contribution in [0.2, 0.25) is 0 Å². The number of aliphatic hydroxyl groups excluding tert-OH is 1. The third-order valence-electron chi connectivity index (χ3n) is 12.6. The van der Waals surface area contributed by atoms with Gasteiger partial charge < -0.3 is 14.6 Å². The van der Waals surface area contributed by atoms with E-state index in [1.165, 1.54) is 122 Å². The largest absolute Gasteiger partial charge is 0.462 e. The van der Waals surface area contributed by atoms with E-state index in [0.29, 0.717) is 19.3 Å². The number of ether oxygens (including phenoxy) is 2. The van der Waals surface area contributed by atoms with E-state index in [4.69, 9.17) is 9.47 Å². The van der Waals surface area contributed by atoms with Gasteiger partial charge in [-0.1, -0.05) is 269 Å². The summed E-state index contributed by atoms with van der Waals surface area (Å²) in [4.78, 5) is 24.6. The summed E-state index contributed by atoms with van der Waals surface area (Å²) in [5, 5.41) is 9.66. The van der Waals surface area contributed by atoms with Gasteiger partial charge in [0, 0.05) is 12.8 Å². The Morgan fingerprint density at radius 3 is 0.905 bits per heavy atom. The van der Waals surface area contributed by atoms with Crippen molar-refractivity contribution in [2.24, 2.45) is 0 Å². The molecule has 0 amide bonds. The van der Waals surface area contributed by atoms with Gasteiger partial charge in [0.05, 0.1) is 6.61 Å². The van der Waals surface area contributed by atoms with Crippen LogP contribution in [0.5, 0.6) is 0 Å². The number of hydrogen-bond acceptors (Lipinski definition) is 5. The van der Waals surface area contributed by atoms with E-state index in [1.807, 2.05) is 0 Å². The summed E-state index contributed by atoms with van der Waals surface area (Å²) in [5.41, 5.74) is 0. The summed E-state index contributed by atoms with van der Waals surface area (Å²) in [6, 6.07) is 0. The second-order valence-corrected chi connectivity index (χ2v) is 19.7. The number of allylic oxidation sites excluding steroid dienone is 24. The Bertz CT molecular complexity index is 1580. The van der Waals surface area contributed by atoms with Crippen LogP contribution in [0.15, 0.2) is 146 Å². The second-order valence-electron chi connectivity index (χ2n) is 19.7. The second kappa shape index (κ2) is 63.1. The molecule has 0 bridgehead atoms. The predicted octanol–water partition coefficient (Wildman–Crippen LogP) is 21.0. The molecule has 0 aliphatic rings. The van der Waals surface area contributed by atoms with Crippen molar-refractivity contribution in [3.8, 4) is 0 Å². The quantitative estimate of drug-likeness (QED) is 0.0373. The summed E-state index contributed by atoms with van der Waals surface area (Å²) in [7, 11) is 0. The van der Waals surface area contributed by atoms with Crippen LogP contribution in [0.4, 0.5) is 0 Å². The van der Waals surface area contributed by atoms with Gasteiger partial charge in [-0.2, -0.15) is 0 Å². The maximum Gasteiger partial charge on any atom is 0.306 e. The molecule has 0 aliphatic heterocycles. The smallest absolute Gasteiger partial charge is 0.306 e. The lowest BCUT2D eigenvalue weighted by Crippen LogP contribution is -2.28. The van der Waals surface area contributed by atoms with Gasteiger partial charge in [-0.05, 0) is 122 Å². The molecule has 1 atom stereocenters. The average Bonchev–Trinajstić information content (AvgIpc) is 3.40. The molecule has 1 N–H and O–H groups in total. The van der Waals surface area contributed by atoms with Crippen molar-refractivity contribution in [2.75, 3.05) is 13.2 Å². The Balaban J connectivity index is 3.63. The maximum absolute atomic E-state index is 12.3. The lowest BCUT2D eigenvalue weighted by molar-refractivity contribution is -0.161. The van der Waals surface area contributed by atoms with E-state index >= 15 is 0 Å². The van der Waals surface area contributed by atoms with Crippen molar-refractivity contribution >= 4 is 11.9 Å². The van der Waals surface area contributed by atoms with Crippen molar-refractivity contribution in [3.05, 3.63) is 146 Å². The fourth-order valence-electron chi connectivity index (χ4n) is 8.08. The molecule has 418 valence electrons. The minimum atomic E-state index is -0.807. The third-order valence-corrected chi connectivity index (χ3v) is 12.6. The highest BCUT2D eigenvalue weighted by atomic mass is 16.6. The van der Waals surface area contributed by atoms with E-state index in [1.54, 1.807) is 0 Å². The number of unbranched alkanes of at least 4 members (excludes halogenated alkanes) is 22. The SMILES string of the molecule is CC/C=C\C/C=C\C/C=C\C/C=C\C/C=C\C/C=C\C/C=C\C/C=C\C/C=C\C/C=C\CCCCC(=O)OC(CO)COC(=O)CCCCCCCCCCCCCCCCC/C=C\C/C=C\CCCCCCC. The zero-order valence-electron chi connectivity index (χ0n) is 47.8. The number of carbonyl (C=O) groups is 2. The Morgan fingerprint density at radius 1 is 0.324 bits per heavy atom. The number of hydrogen-bond donors (Lipinski definition) is 1. The van der Waals surface area contributed by atoms with Gasteiger partial charge in [-0.3, -0.25) is 9.59 Å². The molecular formula is C69H112O5. The number of aliphatic hydroxyl groups is 1. The van der Waals surface area contributed by atoms with E-state index in [9.17, 15) is 14.7 Å². The summed E-state index contributed by atoms with van der Waals surface area (Å²) in [5.74, 6) is -0.647. The van der Waals surface area contributed by atoms with Crippen molar-refractivity contribution in [1.82, 2.24) is 0 Å². The number of carbonyl (C=O) groups excluding carboxylic acids is 2. The lowest BCUT2D eigenvalue weighted by Gasteiger charge is -2.15. The molecule has 1 unspecified atom stereocenters. The highest BCUT2D eigenvalue weighted by Gasteiger charge is 2.16. The van der Waals surface area contributed by atoms with Crippen molar-refractivity contribution in [2.45, 2.75) is 264 Å². The van der Waals surface area contributed by atoms with Gasteiger partial charge >= 0.3 is 11.9 Å². The molecule has 5 heteroatoms. The van der Waals surface area contributed by atoms with E-state index < -0.39 is 6.10 Å². The first-order chi connectivity index (χ1) is 36.6. The molecule has 74 heavy (non-hydrogen) atoms. The van der Waals surface area contributed by atoms with Crippen LogP contribution in [0.3, 0.4) is 0 Å². The summed E-state index contributed by atoms with van der Waals surface area (Å²) < 4.78 is 10.7. The molecule has 0 spiro atoms. The van der Waals surface area contributed by atoms with Crippen molar-refractivity contribution < 1.29 is 24.2 Å². The number of rotatable bonds is 54. The molecule has 0 fully saturated rings. The summed E-state index contributed by atoms with van der Waals surface area (Å²) in [6.45, 7) is 3.99. The minimum absolute atomic E-state index is 0.0917. The predicted molar refractivity (Wildman–Crippen MR) is 324 cm³/mol. The van der Waals surface area contributed by atoms with Gasteiger partial charge in [-0.15, -0.1) is 0 Å². The van der Waals surface area contributed by atoms with Gasteiger partial charge in [0.2, 0.25) is 0 Å². The van der Waals surface area contributed by atoms with E-state index in [0.717, 1.165) is 103 Å². The molecule has 0 aromatic heterocycles. The Hall–Kier alpha value is -4.22. The van der Waals surface area contributed by atoms with E-state index in [-0.39, 0.29) is 25.2 Å². The molecule has 0 saturated carbocycles. The maximum atomic E-state index is 12.3. The van der Waals surface area contributed by atoms with Crippen molar-refractivity contribution in [3.63, 3.8) is 0 Å². The van der Waals surface area contributed by atoms with Crippen LogP contribution >= 0.6 is 0 Å². The first kappa shape index (κ1) is 69.8. The molecule has 5 nitrogen and oxygen atoms in total. The fourth-order valence-corrected chi connectivity index (χ4v) is 8.08. The zero-order chi connectivity index (χ0) is 53.4. The first-order valence-electron chi connectivity index (χ1n) is 30.4. The standard InChI is InChI=1S/C69H112O5/c1-3-5-7-9-11-13-15-17-19-21-23-25-27-29-31-32-33-34-35-36-38-40-42-44-46-48-50-52-54-56-58-60-62-64-69(72)74-67(65-70)66-73-68(71)63-61-59-57-55-53-51-49-47-45-43-41-39-37-30-28-26-24-22-20-18-16-14-12-10-8-6-4-2/h5,7,11,13,16-19,22-25,29,31,33-34,36,38,42,44,48,50,54,56,67,70H,3-4,6,8-10,12,14-15,20-21,26-28,30,32,35,37,39-41,43,45-47,49,51-53,55,57-66H2,1-2H3/b7-5-,13-11-,18-16-,19-17-,24-22-,25-23-,31-29-,34-33-,38-36-,44-42-,50-48-,56-54-. The topological polar surface area (TPSA) is 72.8 Å². The average molecular weight is 1020 g/mol. The summed E-state index contributed by atoms with van der Waals surface area (Å²) >= 11 is 0. The molecule has 0 radical (unpaired) electrons. The van der Waals surface area contributed by atoms with Gasteiger partial charge in [0.25, 0.3) is 0 Å². The van der Waals surface area contributed by atoms with Crippen LogP contribution in [-0.2, 0) is 19.1 Å². The van der Waals surface area contributed by atoms with Crippen LogP contribution in [0.1, 0.15) is 258 Å². The Labute approximate surface area is 457 Å². The highest BCUT2D eigenvalue weighted by Crippen LogP contribution is 2.15.